The van der Waals surface area contributed by atoms with E-state index in [2.05, 4.69) is 12.2 Å². The van der Waals surface area contributed by atoms with Crippen molar-refractivity contribution in [2.75, 3.05) is 6.54 Å². The van der Waals surface area contributed by atoms with Gasteiger partial charge >= 0.3 is 0 Å². The Morgan fingerprint density at radius 2 is 2.21 bits per heavy atom. The lowest BCUT2D eigenvalue weighted by Gasteiger charge is -2.14. The molecule has 1 aromatic heterocycles. The molecule has 1 aliphatic carbocycles. The number of hydrogen-bond acceptors (Lipinski definition) is 2. The molecule has 1 unspecified atom stereocenters. The fraction of sp³-hybridized carbons (Fsp3) is 0.500. The zero-order valence-corrected chi connectivity index (χ0v) is 11.5. The van der Waals surface area contributed by atoms with Crippen molar-refractivity contribution >= 4 is 11.0 Å². The Hall–Kier alpha value is -1.35. The monoisotopic (exact) mass is 261 g/mol. The Morgan fingerprint density at radius 1 is 1.42 bits per heavy atom. The maximum atomic E-state index is 13.8. The molecule has 1 N–H and O–H groups in total. The Bertz CT molecular complexity index is 547. The number of rotatable bonds is 5. The van der Waals surface area contributed by atoms with Crippen molar-refractivity contribution in [3.8, 4) is 0 Å². The van der Waals surface area contributed by atoms with Gasteiger partial charge in [-0.2, -0.15) is 0 Å². The second-order valence-corrected chi connectivity index (χ2v) is 5.53. The van der Waals surface area contributed by atoms with Crippen LogP contribution in [-0.2, 0) is 0 Å². The Kier molecular flexibility index (Phi) is 3.31. The van der Waals surface area contributed by atoms with Crippen LogP contribution in [0.2, 0.25) is 0 Å². The highest BCUT2D eigenvalue weighted by Crippen LogP contribution is 2.42. The van der Waals surface area contributed by atoms with Crippen molar-refractivity contribution in [1.29, 1.82) is 0 Å². The summed E-state index contributed by atoms with van der Waals surface area (Å²) in [6.07, 6.45) is 3.57. The molecule has 0 bridgehead atoms. The Balaban J connectivity index is 1.99. The van der Waals surface area contributed by atoms with Crippen molar-refractivity contribution in [2.24, 2.45) is 5.92 Å². The van der Waals surface area contributed by atoms with E-state index in [1.807, 2.05) is 13.0 Å². The van der Waals surface area contributed by atoms with Crippen LogP contribution in [0.15, 0.2) is 22.6 Å². The van der Waals surface area contributed by atoms with Gasteiger partial charge in [0.15, 0.2) is 0 Å². The summed E-state index contributed by atoms with van der Waals surface area (Å²) in [6, 6.07) is 5.41. The lowest BCUT2D eigenvalue weighted by molar-refractivity contribution is 0.396. The van der Waals surface area contributed by atoms with E-state index in [0.717, 1.165) is 24.3 Å². The first-order valence-electron chi connectivity index (χ1n) is 7.12. The molecule has 1 heterocycles. The third kappa shape index (κ3) is 2.39. The topological polar surface area (TPSA) is 25.2 Å². The van der Waals surface area contributed by atoms with Crippen LogP contribution in [0, 0.1) is 18.7 Å². The van der Waals surface area contributed by atoms with Crippen LogP contribution >= 0.6 is 0 Å². The minimum absolute atomic E-state index is 0.194. The highest BCUT2D eigenvalue weighted by Gasteiger charge is 2.34. The maximum absolute atomic E-state index is 13.8. The van der Waals surface area contributed by atoms with Crippen LogP contribution in [-0.4, -0.2) is 6.54 Å². The summed E-state index contributed by atoms with van der Waals surface area (Å²) in [4.78, 5) is 0. The fourth-order valence-electron chi connectivity index (χ4n) is 2.63. The van der Waals surface area contributed by atoms with E-state index in [9.17, 15) is 4.39 Å². The molecule has 0 amide bonds. The molecule has 0 saturated heterocycles. The number of aryl methyl sites for hydroxylation is 1. The number of fused-ring (bicyclic) bond motifs is 1. The van der Waals surface area contributed by atoms with E-state index in [-0.39, 0.29) is 11.9 Å². The second kappa shape index (κ2) is 4.97. The molecule has 102 valence electrons. The average molecular weight is 261 g/mol. The van der Waals surface area contributed by atoms with Crippen molar-refractivity contribution < 1.29 is 8.81 Å². The predicted octanol–water partition coefficient (Wildman–Crippen LogP) is 4.33. The van der Waals surface area contributed by atoms with Crippen molar-refractivity contribution in [2.45, 2.75) is 39.2 Å². The first-order valence-corrected chi connectivity index (χ1v) is 7.12. The lowest BCUT2D eigenvalue weighted by Crippen LogP contribution is -2.23. The third-order valence-corrected chi connectivity index (χ3v) is 3.86. The van der Waals surface area contributed by atoms with Crippen LogP contribution in [0.25, 0.3) is 11.0 Å². The van der Waals surface area contributed by atoms with Gasteiger partial charge in [-0.05, 0) is 56.3 Å². The SMILES string of the molecule is CCCNC(c1cc2c(F)ccc(C)c2o1)C1CC1. The molecule has 19 heavy (non-hydrogen) atoms. The second-order valence-electron chi connectivity index (χ2n) is 5.53. The molecular weight excluding hydrogens is 241 g/mol. The van der Waals surface area contributed by atoms with E-state index in [0.29, 0.717) is 16.9 Å². The fourth-order valence-corrected chi connectivity index (χ4v) is 2.63. The van der Waals surface area contributed by atoms with E-state index in [1.165, 1.54) is 18.9 Å². The molecular formula is C16H20FNO. The number of furan rings is 1. The molecule has 0 spiro atoms. The van der Waals surface area contributed by atoms with Gasteiger partial charge in [0.1, 0.15) is 17.2 Å². The zero-order chi connectivity index (χ0) is 13.4. The molecule has 3 rings (SSSR count). The smallest absolute Gasteiger partial charge is 0.140 e. The van der Waals surface area contributed by atoms with E-state index >= 15 is 0 Å². The normalized spacial score (nSPS) is 17.0. The molecule has 1 aliphatic rings. The molecule has 2 aromatic rings. The van der Waals surface area contributed by atoms with Gasteiger partial charge in [-0.3, -0.25) is 0 Å². The van der Waals surface area contributed by atoms with Gasteiger partial charge in [-0.1, -0.05) is 13.0 Å². The predicted molar refractivity (Wildman–Crippen MR) is 74.7 cm³/mol. The zero-order valence-electron chi connectivity index (χ0n) is 11.5. The first-order chi connectivity index (χ1) is 9.20. The molecule has 1 aromatic carbocycles. The van der Waals surface area contributed by atoms with Crippen LogP contribution in [0.4, 0.5) is 4.39 Å². The van der Waals surface area contributed by atoms with E-state index < -0.39 is 0 Å². The van der Waals surface area contributed by atoms with Gasteiger partial charge in [0.25, 0.3) is 0 Å². The van der Waals surface area contributed by atoms with Gasteiger partial charge in [0.05, 0.1) is 11.4 Å². The van der Waals surface area contributed by atoms with E-state index in [4.69, 9.17) is 4.42 Å². The largest absolute Gasteiger partial charge is 0.459 e. The molecule has 1 fully saturated rings. The van der Waals surface area contributed by atoms with Gasteiger partial charge < -0.3 is 9.73 Å². The standard InChI is InChI=1S/C16H20FNO/c1-3-8-18-15(11-5-6-11)14-9-12-13(17)7-4-10(2)16(12)19-14/h4,7,9,11,15,18H,3,5-6,8H2,1-2H3. The summed E-state index contributed by atoms with van der Waals surface area (Å²) in [5.41, 5.74) is 1.69. The summed E-state index contributed by atoms with van der Waals surface area (Å²) < 4.78 is 19.8. The molecule has 0 aliphatic heterocycles. The Labute approximate surface area is 113 Å². The highest BCUT2D eigenvalue weighted by atomic mass is 19.1. The minimum atomic E-state index is -0.194. The quantitative estimate of drug-likeness (QED) is 0.866. The summed E-state index contributed by atoms with van der Waals surface area (Å²) in [7, 11) is 0. The van der Waals surface area contributed by atoms with Gasteiger partial charge in [0, 0.05) is 0 Å². The highest BCUT2D eigenvalue weighted by molar-refractivity contribution is 5.81. The van der Waals surface area contributed by atoms with E-state index in [1.54, 1.807) is 6.07 Å². The third-order valence-electron chi connectivity index (χ3n) is 3.86. The average Bonchev–Trinajstić information content (AvgIpc) is 3.13. The molecule has 1 atom stereocenters. The van der Waals surface area contributed by atoms with Crippen LogP contribution in [0.1, 0.15) is 43.6 Å². The van der Waals surface area contributed by atoms with Crippen molar-refractivity contribution in [3.63, 3.8) is 0 Å². The summed E-state index contributed by atoms with van der Waals surface area (Å²) >= 11 is 0. The van der Waals surface area contributed by atoms with Crippen molar-refractivity contribution in [1.82, 2.24) is 5.32 Å². The molecule has 1 saturated carbocycles. The number of nitrogens with one attached hydrogen (secondary N) is 1. The lowest BCUT2D eigenvalue weighted by atomic mass is 10.1. The number of hydrogen-bond donors (Lipinski definition) is 1. The minimum Gasteiger partial charge on any atom is -0.459 e. The maximum Gasteiger partial charge on any atom is 0.140 e. The van der Waals surface area contributed by atoms with Crippen molar-refractivity contribution in [3.05, 3.63) is 35.3 Å². The molecule has 0 radical (unpaired) electrons. The summed E-state index contributed by atoms with van der Waals surface area (Å²) in [5.74, 6) is 1.34. The Morgan fingerprint density at radius 3 is 2.84 bits per heavy atom. The first kappa shape index (κ1) is 12.7. The molecule has 2 nitrogen and oxygen atoms in total. The van der Waals surface area contributed by atoms with Gasteiger partial charge in [-0.25, -0.2) is 4.39 Å². The van der Waals surface area contributed by atoms with Gasteiger partial charge in [0.2, 0.25) is 0 Å². The number of halogens is 1. The molecule has 3 heteroatoms. The van der Waals surface area contributed by atoms with Crippen LogP contribution in [0.3, 0.4) is 0 Å². The number of benzene rings is 1. The summed E-state index contributed by atoms with van der Waals surface area (Å²) in [5, 5.41) is 4.14. The van der Waals surface area contributed by atoms with Gasteiger partial charge in [-0.15, -0.1) is 0 Å². The van der Waals surface area contributed by atoms with Crippen LogP contribution < -0.4 is 5.32 Å². The summed E-state index contributed by atoms with van der Waals surface area (Å²) in [6.45, 7) is 5.08. The van der Waals surface area contributed by atoms with Crippen LogP contribution in [0.5, 0.6) is 0 Å².